The molecule has 0 spiro atoms. The largest absolute Gasteiger partial charge is 0.490 e. The van der Waals surface area contributed by atoms with Crippen molar-refractivity contribution in [3.8, 4) is 56.4 Å². The zero-order chi connectivity index (χ0) is 101. The number of benzene rings is 18. The van der Waals surface area contributed by atoms with Crippen LogP contribution in [0.3, 0.4) is 0 Å². The smallest absolute Gasteiger partial charge is 0.206 e. The summed E-state index contributed by atoms with van der Waals surface area (Å²) >= 11 is 0. The van der Waals surface area contributed by atoms with Gasteiger partial charge in [-0.15, -0.1) is 0 Å². The van der Waals surface area contributed by atoms with Crippen molar-refractivity contribution >= 4 is 15.6 Å². The molecule has 0 radical (unpaired) electrons. The second-order valence-corrected chi connectivity index (χ2v) is 38.9. The average molecular weight is 1860 g/mol. The van der Waals surface area contributed by atoms with Crippen LogP contribution in [0.25, 0.3) is 33.4 Å². The molecule has 0 N–H and O–H groups in total. The van der Waals surface area contributed by atoms with Gasteiger partial charge in [0.2, 0.25) is 9.84 Å². The predicted octanol–water partition coefficient (Wildman–Crippen LogP) is 35.0. The van der Waals surface area contributed by atoms with Gasteiger partial charge in [0.1, 0.15) is 36.2 Å². The zero-order valence-electron chi connectivity index (χ0n) is 85.5. The van der Waals surface area contributed by atoms with E-state index in [2.05, 4.69) is 353 Å². The molecule has 0 fully saturated rings. The molecule has 18 aromatic rings. The average Bonchev–Trinajstić information content (AvgIpc) is 0.803. The second kappa shape index (κ2) is 54.2. The van der Waals surface area contributed by atoms with Crippen molar-refractivity contribution in [1.29, 1.82) is 0 Å². The molecule has 0 aliphatic rings. The number of aryl methyl sites for hydroxylation is 18. The fourth-order valence-corrected chi connectivity index (χ4v) is 15.6. The summed E-state index contributed by atoms with van der Waals surface area (Å²) in [5, 5.41) is 0. The molecule has 18 rings (SSSR count). The monoisotopic (exact) mass is 1860 g/mol. The summed E-state index contributed by atoms with van der Waals surface area (Å²) < 4.78 is 41.4. The number of hydrogen-bond acceptors (Lipinski definition) is 6. The van der Waals surface area contributed by atoms with Gasteiger partial charge >= 0.3 is 0 Å². The van der Waals surface area contributed by atoms with E-state index < -0.39 is 9.84 Å². The van der Waals surface area contributed by atoms with E-state index in [0.29, 0.717) is 23.0 Å². The minimum Gasteiger partial charge on any atom is -0.490 e. The van der Waals surface area contributed by atoms with E-state index in [1.807, 2.05) is 173 Å². The number of ether oxygens (including phenoxy) is 3. The van der Waals surface area contributed by atoms with Gasteiger partial charge < -0.3 is 14.2 Å². The predicted molar refractivity (Wildman–Crippen MR) is 593 cm³/mol. The lowest BCUT2D eigenvalue weighted by atomic mass is 9.78. The molecule has 140 heavy (non-hydrogen) atoms. The van der Waals surface area contributed by atoms with Crippen molar-refractivity contribution in [3.05, 3.63) is 570 Å². The van der Waals surface area contributed by atoms with Crippen LogP contribution in [0.1, 0.15) is 152 Å². The number of carbonyl (C=O) groups excluding carboxylic acids is 1. The molecule has 0 aliphatic heterocycles. The molecule has 0 heterocycles. The number of ketones is 1. The summed E-state index contributed by atoms with van der Waals surface area (Å²) in [5.74, 6) is 3.61. The SMILES string of the molecule is Cc1ccc(-c2ccc(-c3ccc(C)cc3)cc2)cc1.Cc1ccc(-c2ccc(C)cc2)cc1.Cc1ccc(C(=O)c2ccc(C)cc2)cc1.Cc1ccc(C(C)(C)c2ccc(C)cc2)cc1.Cc1ccc(C)cc1.Cc1ccc(Cc2ccc(C)cc2)cc1.Cc1ccc(OCCOc2ccc(C)cc2)cc1.Cc1ccc(Oc2ccc(C)cc2)cc1.Cc1ccc(S(=O)(=O)c2ccc(C)cc2)cc1. The summed E-state index contributed by atoms with van der Waals surface area (Å²) in [6, 6.07) is 148. The Labute approximate surface area is 837 Å². The van der Waals surface area contributed by atoms with Gasteiger partial charge in [-0.25, -0.2) is 8.42 Å². The molecule has 0 amide bonds. The molecule has 0 aliphatic carbocycles. The number of carbonyl (C=O) groups is 1. The summed E-state index contributed by atoms with van der Waals surface area (Å²) in [5.41, 5.74) is 37.2. The zero-order valence-corrected chi connectivity index (χ0v) is 86.4. The third-order valence-corrected chi connectivity index (χ3v) is 25.5. The number of rotatable bonds is 18. The first-order chi connectivity index (χ1) is 67.1. The van der Waals surface area contributed by atoms with E-state index in [-0.39, 0.29) is 11.2 Å². The first kappa shape index (κ1) is 107. The molecule has 0 bridgehead atoms. The van der Waals surface area contributed by atoms with Gasteiger partial charge in [-0.2, -0.15) is 0 Å². The summed E-state index contributed by atoms with van der Waals surface area (Å²) in [6.45, 7) is 42.9. The Hall–Kier alpha value is -15.0. The van der Waals surface area contributed by atoms with Crippen LogP contribution in [0.2, 0.25) is 0 Å². The fraction of sp³-hybridized carbons (Fsp3) is 0.180. The van der Waals surface area contributed by atoms with E-state index in [1.165, 1.54) is 145 Å². The van der Waals surface area contributed by atoms with Crippen LogP contribution in [-0.2, 0) is 21.7 Å². The second-order valence-electron chi connectivity index (χ2n) is 36.9. The lowest BCUT2D eigenvalue weighted by Crippen LogP contribution is -2.18. The molecule has 18 aromatic carbocycles. The van der Waals surface area contributed by atoms with E-state index in [9.17, 15) is 13.2 Å². The van der Waals surface area contributed by atoms with E-state index in [4.69, 9.17) is 14.2 Å². The van der Waals surface area contributed by atoms with Crippen molar-refractivity contribution in [2.24, 2.45) is 0 Å². The number of hydrogen-bond donors (Lipinski definition) is 0. The Morgan fingerprint density at radius 1 is 0.200 bits per heavy atom. The van der Waals surface area contributed by atoms with Crippen molar-refractivity contribution in [1.82, 2.24) is 0 Å². The Morgan fingerprint density at radius 2 is 0.357 bits per heavy atom. The minimum atomic E-state index is -3.37. The lowest BCUT2D eigenvalue weighted by Gasteiger charge is -2.26. The summed E-state index contributed by atoms with van der Waals surface area (Å²) in [6.07, 6.45) is 1.03. The molecule has 0 atom stereocenters. The summed E-state index contributed by atoms with van der Waals surface area (Å²) in [7, 11) is -3.37. The lowest BCUT2D eigenvalue weighted by molar-refractivity contribution is 0.103. The van der Waals surface area contributed by atoms with Crippen molar-refractivity contribution in [2.75, 3.05) is 13.2 Å². The standard InChI is InChI=1S/C20H18.C17H20.C16H18O2.C15H14O.C15H16.C14H14O2S.C14H14O.C14H14.C8H10/c1-15-3-7-17(8-4-15)19-11-13-20(14-12-19)18-9-5-16(2)6-10-18;1-13-5-9-15(10-6-13)17(3,4)16-11-7-14(2)8-12-16;1-13-3-7-15(8-4-13)17-11-12-18-16-9-5-14(2)6-10-16;1-11-3-7-13(8-4-11)15(16)14-9-5-12(2)6-10-14;1-12-3-7-14(8-4-12)11-15-9-5-13(2)6-10-15;1-11-3-7-13(8-4-11)17(15,16)14-9-5-12(2)6-10-14;1-11-3-7-13(8-4-11)15-14-9-5-12(2)6-10-14;1-11-3-7-13(8-4-11)14-9-5-12(2)6-10-14;1-7-3-5-8(2)6-4-7/h3-14H,1-2H3;5-12H,1-4H3;3-10H,11-12H2,1-2H3;3-10H,1-2H3;3-10H,11H2,1-2H3;3-10H,1-2H3;3-10H,1-2H3;3-10H,1-2H3;3-6H,1-2H3. The van der Waals surface area contributed by atoms with Gasteiger partial charge in [-0.1, -0.05) is 478 Å². The van der Waals surface area contributed by atoms with Gasteiger partial charge in [0.25, 0.3) is 0 Å². The highest BCUT2D eigenvalue weighted by Crippen LogP contribution is 2.33. The third-order valence-electron chi connectivity index (χ3n) is 23.7. The molecular formula is C133H138O6S. The maximum atomic E-state index is 12.3. The van der Waals surface area contributed by atoms with Crippen LogP contribution < -0.4 is 14.2 Å². The maximum absolute atomic E-state index is 12.3. The molecule has 0 unspecified atom stereocenters. The van der Waals surface area contributed by atoms with Crippen LogP contribution in [0, 0.1) is 125 Å². The molecule has 0 saturated carbocycles. The number of sulfone groups is 1. The molecule has 7 heteroatoms. The van der Waals surface area contributed by atoms with Gasteiger partial charge in [-0.3, -0.25) is 4.79 Å². The maximum Gasteiger partial charge on any atom is 0.206 e. The van der Waals surface area contributed by atoms with Gasteiger partial charge in [0.15, 0.2) is 5.78 Å². The highest BCUT2D eigenvalue weighted by molar-refractivity contribution is 7.91. The van der Waals surface area contributed by atoms with Crippen molar-refractivity contribution in [2.45, 2.75) is 160 Å². The normalized spacial score (nSPS) is 10.5. The Balaban J connectivity index is 0.000000163. The molecule has 6 nitrogen and oxygen atoms in total. The highest BCUT2D eigenvalue weighted by atomic mass is 32.2. The highest BCUT2D eigenvalue weighted by Gasteiger charge is 2.23. The van der Waals surface area contributed by atoms with E-state index >= 15 is 0 Å². The fourth-order valence-electron chi connectivity index (χ4n) is 14.3. The Kier molecular flexibility index (Phi) is 41.4. The topological polar surface area (TPSA) is 78.9 Å². The third kappa shape index (κ3) is 36.5. The van der Waals surface area contributed by atoms with Crippen LogP contribution in [0.4, 0.5) is 0 Å². The van der Waals surface area contributed by atoms with E-state index in [0.717, 1.165) is 51.7 Å². The van der Waals surface area contributed by atoms with Crippen molar-refractivity contribution < 1.29 is 27.4 Å². The van der Waals surface area contributed by atoms with Crippen LogP contribution >= 0.6 is 0 Å². The summed E-state index contributed by atoms with van der Waals surface area (Å²) in [4.78, 5) is 12.7. The molecule has 0 saturated heterocycles. The van der Waals surface area contributed by atoms with Crippen LogP contribution in [-0.4, -0.2) is 27.4 Å². The first-order valence-corrected chi connectivity index (χ1v) is 49.6. The van der Waals surface area contributed by atoms with Gasteiger partial charge in [-0.05, 0) is 259 Å². The molecular weight excluding hydrogens is 1730 g/mol. The quantitative estimate of drug-likeness (QED) is 0.0629. The Bertz CT molecular complexity index is 6320. The van der Waals surface area contributed by atoms with Crippen LogP contribution in [0.15, 0.2) is 447 Å². The molecule has 0 aromatic heterocycles. The Morgan fingerprint density at radius 3 is 0.571 bits per heavy atom. The first-order valence-electron chi connectivity index (χ1n) is 48.1. The molecule has 712 valence electrons. The minimum absolute atomic E-state index is 0.0708. The van der Waals surface area contributed by atoms with E-state index in [1.54, 1.807) is 48.5 Å². The van der Waals surface area contributed by atoms with Gasteiger partial charge in [0, 0.05) is 16.5 Å². The van der Waals surface area contributed by atoms with Gasteiger partial charge in [0.05, 0.1) is 9.79 Å². The van der Waals surface area contributed by atoms with Crippen LogP contribution in [0.5, 0.6) is 23.0 Å². The van der Waals surface area contributed by atoms with Crippen molar-refractivity contribution in [3.63, 3.8) is 0 Å².